The lowest BCUT2D eigenvalue weighted by Crippen LogP contribution is -2.31. The summed E-state index contributed by atoms with van der Waals surface area (Å²) in [6.45, 7) is 0. The Hall–Kier alpha value is -1.13. The quantitative estimate of drug-likeness (QED) is 0.514. The van der Waals surface area contributed by atoms with Crippen LogP contribution in [0.15, 0.2) is 23.8 Å². The molecule has 0 aromatic rings. The molecule has 1 rings (SSSR count). The number of hydrogen-bond donors (Lipinski definition) is 2. The SMILES string of the molecule is COC(=O)C1=CC=C[C@H](O)[C@@H]1O. The van der Waals surface area contributed by atoms with Crippen molar-refractivity contribution in [2.75, 3.05) is 7.11 Å². The molecule has 12 heavy (non-hydrogen) atoms. The predicted octanol–water partition coefficient (Wildman–Crippen LogP) is -0.623. The Balaban J connectivity index is 2.82. The Bertz CT molecular complexity index is 241. The number of aliphatic hydroxyl groups is 2. The average Bonchev–Trinajstić information content (AvgIpc) is 2.08. The van der Waals surface area contributed by atoms with Crippen LogP contribution in [0.3, 0.4) is 0 Å². The van der Waals surface area contributed by atoms with Gasteiger partial charge in [0.25, 0.3) is 0 Å². The molecule has 4 nitrogen and oxygen atoms in total. The van der Waals surface area contributed by atoms with Gasteiger partial charge < -0.3 is 14.9 Å². The first-order chi connectivity index (χ1) is 5.66. The van der Waals surface area contributed by atoms with Crippen LogP contribution in [0.1, 0.15) is 0 Å². The van der Waals surface area contributed by atoms with Crippen molar-refractivity contribution >= 4 is 5.97 Å². The van der Waals surface area contributed by atoms with Gasteiger partial charge in [0.15, 0.2) is 0 Å². The lowest BCUT2D eigenvalue weighted by molar-refractivity contribution is -0.137. The van der Waals surface area contributed by atoms with E-state index in [4.69, 9.17) is 5.11 Å². The number of allylic oxidation sites excluding steroid dienone is 2. The Labute approximate surface area is 69.8 Å². The minimum atomic E-state index is -1.18. The number of ether oxygens (including phenoxy) is 1. The van der Waals surface area contributed by atoms with Crippen LogP contribution in [0.5, 0.6) is 0 Å². The number of rotatable bonds is 1. The maximum absolute atomic E-state index is 10.9. The molecule has 0 radical (unpaired) electrons. The van der Waals surface area contributed by atoms with Gasteiger partial charge in [-0.1, -0.05) is 12.2 Å². The van der Waals surface area contributed by atoms with Crippen LogP contribution in [-0.2, 0) is 9.53 Å². The van der Waals surface area contributed by atoms with E-state index in [0.717, 1.165) is 0 Å². The summed E-state index contributed by atoms with van der Waals surface area (Å²) >= 11 is 0. The second-order valence-corrected chi connectivity index (χ2v) is 2.43. The third-order valence-electron chi connectivity index (χ3n) is 1.65. The largest absolute Gasteiger partial charge is 0.466 e. The zero-order valence-electron chi connectivity index (χ0n) is 6.60. The van der Waals surface area contributed by atoms with Crippen molar-refractivity contribution in [3.63, 3.8) is 0 Å². The second kappa shape index (κ2) is 3.51. The topological polar surface area (TPSA) is 66.8 Å². The molecule has 1 aliphatic rings. The second-order valence-electron chi connectivity index (χ2n) is 2.43. The summed E-state index contributed by atoms with van der Waals surface area (Å²) in [5, 5.41) is 18.4. The molecule has 0 unspecified atom stereocenters. The molecule has 1 aliphatic carbocycles. The van der Waals surface area contributed by atoms with Crippen molar-refractivity contribution < 1.29 is 19.7 Å². The molecule has 0 saturated carbocycles. The highest BCUT2D eigenvalue weighted by molar-refractivity contribution is 5.90. The lowest BCUT2D eigenvalue weighted by atomic mass is 9.99. The third-order valence-corrected chi connectivity index (χ3v) is 1.65. The van der Waals surface area contributed by atoms with Gasteiger partial charge in [-0.3, -0.25) is 0 Å². The average molecular weight is 170 g/mol. The summed E-state index contributed by atoms with van der Waals surface area (Å²) in [6.07, 6.45) is 2.12. The van der Waals surface area contributed by atoms with E-state index >= 15 is 0 Å². The molecule has 4 heteroatoms. The first-order valence-corrected chi connectivity index (χ1v) is 3.49. The van der Waals surface area contributed by atoms with Gasteiger partial charge in [-0.15, -0.1) is 0 Å². The van der Waals surface area contributed by atoms with Crippen LogP contribution in [-0.4, -0.2) is 35.5 Å². The molecular formula is C8H10O4. The van der Waals surface area contributed by atoms with Crippen LogP contribution < -0.4 is 0 Å². The lowest BCUT2D eigenvalue weighted by Gasteiger charge is -2.18. The number of hydrogen-bond acceptors (Lipinski definition) is 4. The summed E-state index contributed by atoms with van der Waals surface area (Å²) in [7, 11) is 1.22. The molecule has 0 heterocycles. The highest BCUT2D eigenvalue weighted by Gasteiger charge is 2.26. The molecule has 0 aliphatic heterocycles. The zero-order valence-corrected chi connectivity index (χ0v) is 6.60. The minimum Gasteiger partial charge on any atom is -0.466 e. The Morgan fingerprint density at radius 2 is 2.25 bits per heavy atom. The molecule has 2 N–H and O–H groups in total. The first-order valence-electron chi connectivity index (χ1n) is 3.49. The third kappa shape index (κ3) is 1.54. The van der Waals surface area contributed by atoms with Gasteiger partial charge in [-0.25, -0.2) is 4.79 Å². The van der Waals surface area contributed by atoms with Gasteiger partial charge in [0.1, 0.15) is 12.2 Å². The predicted molar refractivity (Wildman–Crippen MR) is 41.3 cm³/mol. The monoisotopic (exact) mass is 170 g/mol. The number of aliphatic hydroxyl groups excluding tert-OH is 2. The number of methoxy groups -OCH3 is 1. The van der Waals surface area contributed by atoms with E-state index in [0.29, 0.717) is 0 Å². The van der Waals surface area contributed by atoms with E-state index in [9.17, 15) is 9.90 Å². The molecule has 0 fully saturated rings. The smallest absolute Gasteiger partial charge is 0.336 e. The molecule has 0 aromatic heterocycles. The van der Waals surface area contributed by atoms with Crippen molar-refractivity contribution in [1.82, 2.24) is 0 Å². The van der Waals surface area contributed by atoms with Gasteiger partial charge in [-0.05, 0) is 6.08 Å². The normalized spacial score (nSPS) is 28.1. The summed E-state index contributed by atoms with van der Waals surface area (Å²) in [4.78, 5) is 10.9. The molecule has 66 valence electrons. The van der Waals surface area contributed by atoms with Gasteiger partial charge in [0.2, 0.25) is 0 Å². The van der Waals surface area contributed by atoms with Crippen LogP contribution in [0, 0.1) is 0 Å². The Kier molecular flexibility index (Phi) is 2.62. The van der Waals surface area contributed by atoms with E-state index in [1.807, 2.05) is 0 Å². The molecule has 0 amide bonds. The minimum absolute atomic E-state index is 0.0764. The van der Waals surface area contributed by atoms with Crippen LogP contribution in [0.4, 0.5) is 0 Å². The van der Waals surface area contributed by atoms with E-state index in [-0.39, 0.29) is 5.57 Å². The van der Waals surface area contributed by atoms with Crippen molar-refractivity contribution in [3.05, 3.63) is 23.8 Å². The first kappa shape index (κ1) is 8.96. The fraction of sp³-hybridized carbons (Fsp3) is 0.375. The fourth-order valence-electron chi connectivity index (χ4n) is 0.968. The van der Waals surface area contributed by atoms with Gasteiger partial charge in [-0.2, -0.15) is 0 Å². The summed E-state index contributed by atoms with van der Waals surface area (Å²) in [5.74, 6) is -0.620. The Morgan fingerprint density at radius 1 is 1.58 bits per heavy atom. The summed E-state index contributed by atoms with van der Waals surface area (Å²) in [6, 6.07) is 0. The Morgan fingerprint density at radius 3 is 2.83 bits per heavy atom. The van der Waals surface area contributed by atoms with Gasteiger partial charge >= 0.3 is 5.97 Å². The fourth-order valence-corrected chi connectivity index (χ4v) is 0.968. The van der Waals surface area contributed by atoms with E-state index in [2.05, 4.69) is 4.74 Å². The molecule has 0 spiro atoms. The van der Waals surface area contributed by atoms with E-state index < -0.39 is 18.2 Å². The number of carbonyl (C=O) groups excluding carboxylic acids is 1. The van der Waals surface area contributed by atoms with Crippen LogP contribution in [0.25, 0.3) is 0 Å². The highest BCUT2D eigenvalue weighted by Crippen LogP contribution is 2.14. The molecular weight excluding hydrogens is 160 g/mol. The van der Waals surface area contributed by atoms with Crippen molar-refractivity contribution in [1.29, 1.82) is 0 Å². The maximum atomic E-state index is 10.9. The standard InChI is InChI=1S/C8H10O4/c1-12-8(11)5-3-2-4-6(9)7(5)10/h2-4,6-7,9-10H,1H3/t6-,7+/m0/s1. The van der Waals surface area contributed by atoms with Crippen molar-refractivity contribution in [2.45, 2.75) is 12.2 Å². The number of carbonyl (C=O) groups is 1. The molecule has 0 bridgehead atoms. The van der Waals surface area contributed by atoms with Crippen molar-refractivity contribution in [3.8, 4) is 0 Å². The van der Waals surface area contributed by atoms with Crippen LogP contribution in [0.2, 0.25) is 0 Å². The summed E-state index contributed by atoms with van der Waals surface area (Å²) < 4.78 is 4.40. The van der Waals surface area contributed by atoms with E-state index in [1.54, 1.807) is 0 Å². The highest BCUT2D eigenvalue weighted by atomic mass is 16.5. The molecule has 0 aromatic carbocycles. The summed E-state index contributed by atoms with van der Waals surface area (Å²) in [5.41, 5.74) is 0.0764. The van der Waals surface area contributed by atoms with Gasteiger partial charge in [0, 0.05) is 0 Å². The number of esters is 1. The zero-order chi connectivity index (χ0) is 9.14. The van der Waals surface area contributed by atoms with Crippen molar-refractivity contribution in [2.24, 2.45) is 0 Å². The van der Waals surface area contributed by atoms with Crippen LogP contribution >= 0.6 is 0 Å². The van der Waals surface area contributed by atoms with E-state index in [1.165, 1.54) is 25.3 Å². The molecule has 2 atom stereocenters. The van der Waals surface area contributed by atoms with Gasteiger partial charge in [0.05, 0.1) is 12.7 Å². The maximum Gasteiger partial charge on any atom is 0.336 e. The molecule has 0 saturated heterocycles.